The number of hydrogen-bond donors (Lipinski definition) is 1. The van der Waals surface area contributed by atoms with Crippen LogP contribution < -0.4 is 5.32 Å². The summed E-state index contributed by atoms with van der Waals surface area (Å²) >= 11 is 0. The molecule has 1 saturated carbocycles. The van der Waals surface area contributed by atoms with Gasteiger partial charge in [-0.15, -0.1) is 0 Å². The molecule has 1 heteroatoms. The molecule has 1 N–H and O–H groups in total. The average molecular weight is 197 g/mol. The Morgan fingerprint density at radius 3 is 2.00 bits per heavy atom. The van der Waals surface area contributed by atoms with Crippen molar-refractivity contribution in [3.63, 3.8) is 0 Å². The van der Waals surface area contributed by atoms with E-state index in [1.807, 2.05) is 0 Å². The van der Waals surface area contributed by atoms with Gasteiger partial charge >= 0.3 is 0 Å². The van der Waals surface area contributed by atoms with Gasteiger partial charge in [0.15, 0.2) is 0 Å². The monoisotopic (exact) mass is 197 g/mol. The van der Waals surface area contributed by atoms with E-state index in [-0.39, 0.29) is 0 Å². The van der Waals surface area contributed by atoms with Gasteiger partial charge in [-0.1, -0.05) is 34.6 Å². The first kappa shape index (κ1) is 12.0. The molecule has 0 aliphatic heterocycles. The Kier molecular flexibility index (Phi) is 3.63. The Labute approximate surface area is 89.7 Å². The van der Waals surface area contributed by atoms with E-state index in [4.69, 9.17) is 0 Å². The summed E-state index contributed by atoms with van der Waals surface area (Å²) in [7, 11) is 0. The molecule has 0 aromatic heterocycles. The van der Waals surface area contributed by atoms with Gasteiger partial charge in [0.05, 0.1) is 0 Å². The van der Waals surface area contributed by atoms with Crippen molar-refractivity contribution in [2.45, 2.75) is 53.9 Å². The van der Waals surface area contributed by atoms with E-state index in [2.05, 4.69) is 39.9 Å². The summed E-state index contributed by atoms with van der Waals surface area (Å²) in [6, 6.07) is 0. The van der Waals surface area contributed by atoms with Crippen molar-refractivity contribution in [2.75, 3.05) is 13.1 Å². The quantitative estimate of drug-likeness (QED) is 0.730. The predicted octanol–water partition coefficient (Wildman–Crippen LogP) is 3.45. The minimum atomic E-state index is 0.543. The van der Waals surface area contributed by atoms with Crippen LogP contribution in [0.25, 0.3) is 0 Å². The van der Waals surface area contributed by atoms with Crippen LogP contribution in [0.4, 0.5) is 0 Å². The molecule has 1 aliphatic carbocycles. The Balaban J connectivity index is 2.53. The van der Waals surface area contributed by atoms with Crippen LogP contribution >= 0.6 is 0 Å². The molecular weight excluding hydrogens is 170 g/mol. The van der Waals surface area contributed by atoms with E-state index >= 15 is 0 Å². The molecule has 1 aliphatic rings. The average Bonchev–Trinajstić information content (AvgIpc) is 1.94. The van der Waals surface area contributed by atoms with Crippen molar-refractivity contribution in [1.82, 2.24) is 5.32 Å². The predicted molar refractivity (Wildman–Crippen MR) is 63.4 cm³/mol. The number of hydrogen-bond acceptors (Lipinski definition) is 1. The maximum atomic E-state index is 3.49. The molecule has 0 radical (unpaired) electrons. The van der Waals surface area contributed by atoms with Gasteiger partial charge in [-0.2, -0.15) is 0 Å². The fraction of sp³-hybridized carbons (Fsp3) is 1.00. The normalized spacial score (nSPS) is 26.4. The maximum Gasteiger partial charge on any atom is -0.00202 e. The first-order valence-corrected chi connectivity index (χ1v) is 6.05. The summed E-state index contributed by atoms with van der Waals surface area (Å²) < 4.78 is 0. The van der Waals surface area contributed by atoms with E-state index in [0.717, 1.165) is 12.5 Å². The zero-order chi connectivity index (χ0) is 10.8. The summed E-state index contributed by atoms with van der Waals surface area (Å²) in [4.78, 5) is 0. The van der Waals surface area contributed by atoms with Crippen LogP contribution in [0, 0.1) is 16.7 Å². The van der Waals surface area contributed by atoms with Crippen LogP contribution in [0.3, 0.4) is 0 Å². The van der Waals surface area contributed by atoms with Crippen molar-refractivity contribution >= 4 is 0 Å². The van der Waals surface area contributed by atoms with E-state index in [9.17, 15) is 0 Å². The zero-order valence-corrected chi connectivity index (χ0v) is 10.6. The lowest BCUT2D eigenvalue weighted by Gasteiger charge is -2.45. The molecule has 1 nitrogen and oxygen atoms in total. The first-order valence-electron chi connectivity index (χ1n) is 6.05. The molecule has 0 amide bonds. The van der Waals surface area contributed by atoms with Crippen LogP contribution in [0.2, 0.25) is 0 Å². The standard InChI is InChI=1S/C13H27N/c1-6-14-9-11-7-12(2,3)10-13(4,5)8-11/h11,14H,6-10H2,1-5H3. The SMILES string of the molecule is CCNCC1CC(C)(C)CC(C)(C)C1. The van der Waals surface area contributed by atoms with Gasteiger partial charge < -0.3 is 5.32 Å². The summed E-state index contributed by atoms with van der Waals surface area (Å²) in [6.07, 6.45) is 4.16. The lowest BCUT2D eigenvalue weighted by molar-refractivity contribution is 0.0677. The van der Waals surface area contributed by atoms with Gasteiger partial charge in [-0.25, -0.2) is 0 Å². The summed E-state index contributed by atoms with van der Waals surface area (Å²) in [5.41, 5.74) is 1.09. The van der Waals surface area contributed by atoms with Crippen LogP contribution in [0.15, 0.2) is 0 Å². The van der Waals surface area contributed by atoms with Crippen LogP contribution in [-0.4, -0.2) is 13.1 Å². The second kappa shape index (κ2) is 4.22. The van der Waals surface area contributed by atoms with Crippen LogP contribution in [-0.2, 0) is 0 Å². The summed E-state index contributed by atoms with van der Waals surface area (Å²) in [5, 5.41) is 3.49. The minimum Gasteiger partial charge on any atom is -0.317 e. The third-order valence-corrected chi connectivity index (χ3v) is 3.32. The highest BCUT2D eigenvalue weighted by Gasteiger charge is 2.37. The zero-order valence-electron chi connectivity index (χ0n) is 10.6. The minimum absolute atomic E-state index is 0.543. The molecule has 14 heavy (non-hydrogen) atoms. The maximum absolute atomic E-state index is 3.49. The molecule has 0 bridgehead atoms. The van der Waals surface area contributed by atoms with Crippen molar-refractivity contribution in [3.8, 4) is 0 Å². The Bertz CT molecular complexity index is 166. The molecule has 84 valence electrons. The van der Waals surface area contributed by atoms with Crippen molar-refractivity contribution in [3.05, 3.63) is 0 Å². The molecule has 0 heterocycles. The third-order valence-electron chi connectivity index (χ3n) is 3.32. The smallest absolute Gasteiger partial charge is 0.00202 e. The first-order chi connectivity index (χ1) is 6.35. The molecule has 0 unspecified atom stereocenters. The van der Waals surface area contributed by atoms with Crippen molar-refractivity contribution < 1.29 is 0 Å². The lowest BCUT2D eigenvalue weighted by atomic mass is 9.61. The van der Waals surface area contributed by atoms with Crippen molar-refractivity contribution in [1.29, 1.82) is 0 Å². The Morgan fingerprint density at radius 2 is 1.57 bits per heavy atom. The van der Waals surface area contributed by atoms with Gasteiger partial charge in [0, 0.05) is 0 Å². The highest BCUT2D eigenvalue weighted by molar-refractivity contribution is 4.89. The fourth-order valence-electron chi connectivity index (χ4n) is 3.57. The second-order valence-electron chi connectivity index (χ2n) is 6.59. The lowest BCUT2D eigenvalue weighted by Crippen LogP contribution is -2.38. The molecule has 0 saturated heterocycles. The van der Waals surface area contributed by atoms with Crippen molar-refractivity contribution in [2.24, 2.45) is 16.7 Å². The van der Waals surface area contributed by atoms with Gasteiger partial charge in [-0.05, 0) is 49.1 Å². The van der Waals surface area contributed by atoms with E-state index in [1.165, 1.54) is 25.8 Å². The molecule has 0 aromatic carbocycles. The molecule has 0 atom stereocenters. The largest absolute Gasteiger partial charge is 0.317 e. The third kappa shape index (κ3) is 3.61. The van der Waals surface area contributed by atoms with E-state index in [0.29, 0.717) is 10.8 Å². The fourth-order valence-corrected chi connectivity index (χ4v) is 3.57. The summed E-state index contributed by atoms with van der Waals surface area (Å²) in [6.45, 7) is 14.2. The summed E-state index contributed by atoms with van der Waals surface area (Å²) in [5.74, 6) is 0.883. The Hall–Kier alpha value is -0.0400. The Morgan fingerprint density at radius 1 is 1.07 bits per heavy atom. The second-order valence-corrected chi connectivity index (χ2v) is 6.59. The van der Waals surface area contributed by atoms with Gasteiger partial charge in [0.25, 0.3) is 0 Å². The highest BCUT2D eigenvalue weighted by Crippen LogP contribution is 2.47. The van der Waals surface area contributed by atoms with Gasteiger partial charge in [0.1, 0.15) is 0 Å². The molecule has 0 aromatic rings. The van der Waals surface area contributed by atoms with Crippen LogP contribution in [0.1, 0.15) is 53.9 Å². The molecule has 0 spiro atoms. The highest BCUT2D eigenvalue weighted by atomic mass is 14.8. The molecule has 1 fully saturated rings. The van der Waals surface area contributed by atoms with E-state index < -0.39 is 0 Å². The molecular formula is C13H27N. The number of rotatable bonds is 3. The molecule has 1 rings (SSSR count). The van der Waals surface area contributed by atoms with Gasteiger partial charge in [-0.3, -0.25) is 0 Å². The number of nitrogens with one attached hydrogen (secondary N) is 1. The van der Waals surface area contributed by atoms with Gasteiger partial charge in [0.2, 0.25) is 0 Å². The van der Waals surface area contributed by atoms with Crippen LogP contribution in [0.5, 0.6) is 0 Å². The topological polar surface area (TPSA) is 12.0 Å². The van der Waals surface area contributed by atoms with E-state index in [1.54, 1.807) is 0 Å².